The van der Waals surface area contributed by atoms with Crippen molar-refractivity contribution < 1.29 is 19.0 Å². The molecular weight excluding hydrogens is 225 g/mol. The third-order valence-corrected chi connectivity index (χ3v) is 2.53. The molecule has 1 aromatic carbocycles. The van der Waals surface area contributed by atoms with Gasteiger partial charge in [0.05, 0.1) is 12.7 Å². The predicted molar refractivity (Wildman–Crippen MR) is 62.0 cm³/mol. The second kappa shape index (κ2) is 5.63. The van der Waals surface area contributed by atoms with Gasteiger partial charge in [0.1, 0.15) is 0 Å². The standard InChI is InChI=1S/C12H16FNO3/c1-3-7-6-8(9(15)4-5-14)11(16)10(13)12(7)17-2/h6,16H,3-5,14H2,1-2H3. The third kappa shape index (κ3) is 2.55. The molecule has 0 spiro atoms. The fraction of sp³-hybridized carbons (Fsp3) is 0.417. The molecule has 0 atom stereocenters. The van der Waals surface area contributed by atoms with E-state index in [1.165, 1.54) is 13.2 Å². The first-order chi connectivity index (χ1) is 8.06. The van der Waals surface area contributed by atoms with Gasteiger partial charge in [-0.3, -0.25) is 4.79 Å². The second-order valence-corrected chi connectivity index (χ2v) is 3.59. The summed E-state index contributed by atoms with van der Waals surface area (Å²) in [6, 6.07) is 1.45. The largest absolute Gasteiger partial charge is 0.504 e. The lowest BCUT2D eigenvalue weighted by molar-refractivity contribution is 0.0982. The van der Waals surface area contributed by atoms with E-state index in [1.807, 2.05) is 6.92 Å². The Morgan fingerprint density at radius 1 is 1.59 bits per heavy atom. The lowest BCUT2D eigenvalue weighted by Crippen LogP contribution is -2.10. The van der Waals surface area contributed by atoms with Crippen LogP contribution in [0.2, 0.25) is 0 Å². The van der Waals surface area contributed by atoms with Crippen LogP contribution in [0.3, 0.4) is 0 Å². The summed E-state index contributed by atoms with van der Waals surface area (Å²) >= 11 is 0. The van der Waals surface area contributed by atoms with Crippen molar-refractivity contribution in [2.45, 2.75) is 19.8 Å². The van der Waals surface area contributed by atoms with E-state index in [2.05, 4.69) is 0 Å². The van der Waals surface area contributed by atoms with Crippen LogP contribution in [0.4, 0.5) is 4.39 Å². The van der Waals surface area contributed by atoms with Gasteiger partial charge in [-0.25, -0.2) is 0 Å². The maximum atomic E-state index is 13.8. The van der Waals surface area contributed by atoms with E-state index in [9.17, 15) is 14.3 Å². The molecule has 0 amide bonds. The molecule has 0 saturated heterocycles. The highest BCUT2D eigenvalue weighted by Crippen LogP contribution is 2.34. The maximum absolute atomic E-state index is 13.8. The molecule has 0 radical (unpaired) electrons. The molecule has 0 aliphatic heterocycles. The van der Waals surface area contributed by atoms with Crippen molar-refractivity contribution in [3.05, 3.63) is 23.0 Å². The van der Waals surface area contributed by atoms with Gasteiger partial charge in [0.25, 0.3) is 0 Å². The van der Waals surface area contributed by atoms with Crippen LogP contribution in [-0.4, -0.2) is 24.5 Å². The summed E-state index contributed by atoms with van der Waals surface area (Å²) in [5.74, 6) is -1.96. The third-order valence-electron chi connectivity index (χ3n) is 2.53. The Morgan fingerprint density at radius 3 is 2.71 bits per heavy atom. The summed E-state index contributed by atoms with van der Waals surface area (Å²) in [4.78, 5) is 11.6. The number of methoxy groups -OCH3 is 1. The first-order valence-electron chi connectivity index (χ1n) is 5.38. The molecule has 0 aliphatic carbocycles. The number of carbonyl (C=O) groups excluding carboxylic acids is 1. The quantitative estimate of drug-likeness (QED) is 0.768. The summed E-state index contributed by atoms with van der Waals surface area (Å²) < 4.78 is 18.6. The van der Waals surface area contributed by atoms with E-state index in [-0.39, 0.29) is 30.1 Å². The van der Waals surface area contributed by atoms with Crippen molar-refractivity contribution >= 4 is 5.78 Å². The minimum Gasteiger partial charge on any atom is -0.504 e. The van der Waals surface area contributed by atoms with Gasteiger partial charge in [0.2, 0.25) is 5.82 Å². The zero-order valence-corrected chi connectivity index (χ0v) is 9.92. The number of ketones is 1. The van der Waals surface area contributed by atoms with Gasteiger partial charge in [-0.1, -0.05) is 6.92 Å². The number of aryl methyl sites for hydroxylation is 1. The monoisotopic (exact) mass is 241 g/mol. The summed E-state index contributed by atoms with van der Waals surface area (Å²) in [6.45, 7) is 1.97. The summed E-state index contributed by atoms with van der Waals surface area (Å²) in [7, 11) is 1.32. The van der Waals surface area contributed by atoms with Crippen LogP contribution in [0.25, 0.3) is 0 Å². The molecule has 0 unspecified atom stereocenters. The second-order valence-electron chi connectivity index (χ2n) is 3.59. The lowest BCUT2D eigenvalue weighted by Gasteiger charge is -2.12. The molecule has 3 N–H and O–H groups in total. The van der Waals surface area contributed by atoms with Crippen LogP contribution in [0.15, 0.2) is 6.07 Å². The smallest absolute Gasteiger partial charge is 0.207 e. The van der Waals surface area contributed by atoms with Gasteiger partial charge in [-0.15, -0.1) is 0 Å². The van der Waals surface area contributed by atoms with Crippen LogP contribution < -0.4 is 10.5 Å². The molecule has 0 fully saturated rings. The van der Waals surface area contributed by atoms with Crippen molar-refractivity contribution in [3.8, 4) is 11.5 Å². The average molecular weight is 241 g/mol. The van der Waals surface area contributed by atoms with Gasteiger partial charge in [-0.2, -0.15) is 4.39 Å². The molecule has 17 heavy (non-hydrogen) atoms. The molecule has 0 aliphatic rings. The molecule has 0 bridgehead atoms. The Kier molecular flexibility index (Phi) is 4.45. The molecule has 1 aromatic rings. The Bertz CT molecular complexity index is 432. The number of phenolic OH excluding ortho intramolecular Hbond substituents is 1. The van der Waals surface area contributed by atoms with Crippen molar-refractivity contribution in [1.29, 1.82) is 0 Å². The molecule has 5 heteroatoms. The average Bonchev–Trinajstić information content (AvgIpc) is 2.32. The lowest BCUT2D eigenvalue weighted by atomic mass is 10.0. The highest BCUT2D eigenvalue weighted by atomic mass is 19.1. The van der Waals surface area contributed by atoms with Crippen molar-refractivity contribution in [2.24, 2.45) is 5.73 Å². The zero-order valence-electron chi connectivity index (χ0n) is 9.92. The molecule has 1 rings (SSSR count). The molecule has 0 aromatic heterocycles. The fourth-order valence-corrected chi connectivity index (χ4v) is 1.64. The number of Topliss-reactive ketones (excluding diaryl/α,β-unsaturated/α-hetero) is 1. The minimum atomic E-state index is -0.896. The molecule has 0 heterocycles. The van der Waals surface area contributed by atoms with Crippen molar-refractivity contribution in [3.63, 3.8) is 0 Å². The number of hydrogen-bond acceptors (Lipinski definition) is 4. The molecule has 4 nitrogen and oxygen atoms in total. The van der Waals surface area contributed by atoms with Gasteiger partial charge in [0, 0.05) is 6.42 Å². The van der Waals surface area contributed by atoms with Crippen molar-refractivity contribution in [1.82, 2.24) is 0 Å². The van der Waals surface area contributed by atoms with Gasteiger partial charge in [-0.05, 0) is 24.6 Å². The fourth-order valence-electron chi connectivity index (χ4n) is 1.64. The molecular formula is C12H16FNO3. The van der Waals surface area contributed by atoms with E-state index >= 15 is 0 Å². The maximum Gasteiger partial charge on any atom is 0.207 e. The van der Waals surface area contributed by atoms with E-state index < -0.39 is 11.6 Å². The predicted octanol–water partition coefficient (Wildman–Crippen LogP) is 1.63. The summed E-state index contributed by atoms with van der Waals surface area (Å²) in [6.07, 6.45) is 0.575. The van der Waals surface area contributed by atoms with Crippen molar-refractivity contribution in [2.75, 3.05) is 13.7 Å². The number of ether oxygens (including phenoxy) is 1. The minimum absolute atomic E-state index is 0.0192. The van der Waals surface area contributed by atoms with E-state index in [1.54, 1.807) is 0 Å². The van der Waals surface area contributed by atoms with E-state index in [4.69, 9.17) is 10.5 Å². The summed E-state index contributed by atoms with van der Waals surface area (Å²) in [5.41, 5.74) is 5.77. The van der Waals surface area contributed by atoms with Crippen LogP contribution in [-0.2, 0) is 6.42 Å². The van der Waals surface area contributed by atoms with Gasteiger partial charge >= 0.3 is 0 Å². The number of phenols is 1. The topological polar surface area (TPSA) is 72.6 Å². The Morgan fingerprint density at radius 2 is 2.24 bits per heavy atom. The molecule has 94 valence electrons. The number of carbonyl (C=O) groups is 1. The normalized spacial score (nSPS) is 10.4. The van der Waals surface area contributed by atoms with Crippen LogP contribution >= 0.6 is 0 Å². The number of benzene rings is 1. The first-order valence-corrected chi connectivity index (χ1v) is 5.38. The van der Waals surface area contributed by atoms with Crippen LogP contribution in [0.1, 0.15) is 29.3 Å². The number of aromatic hydroxyl groups is 1. The number of hydrogen-bond donors (Lipinski definition) is 2. The SMILES string of the molecule is CCc1cc(C(=O)CCN)c(O)c(F)c1OC. The Balaban J connectivity index is 3.34. The van der Waals surface area contributed by atoms with Gasteiger partial charge in [0.15, 0.2) is 17.3 Å². The number of rotatable bonds is 5. The van der Waals surface area contributed by atoms with E-state index in [0.29, 0.717) is 12.0 Å². The Labute approximate surface area is 99.2 Å². The highest BCUT2D eigenvalue weighted by molar-refractivity contribution is 5.99. The first kappa shape index (κ1) is 13.4. The Hall–Kier alpha value is -1.62. The van der Waals surface area contributed by atoms with Crippen LogP contribution in [0, 0.1) is 5.82 Å². The molecule has 0 saturated carbocycles. The number of nitrogens with two attached hydrogens (primary N) is 1. The van der Waals surface area contributed by atoms with E-state index in [0.717, 1.165) is 0 Å². The highest BCUT2D eigenvalue weighted by Gasteiger charge is 2.21. The number of halogens is 1. The van der Waals surface area contributed by atoms with Gasteiger partial charge < -0.3 is 15.6 Å². The van der Waals surface area contributed by atoms with Crippen LogP contribution in [0.5, 0.6) is 11.5 Å². The summed E-state index contributed by atoms with van der Waals surface area (Å²) in [5, 5.41) is 9.61. The zero-order chi connectivity index (χ0) is 13.0.